The fourth-order valence-electron chi connectivity index (χ4n) is 2.01. The average Bonchev–Trinajstić information content (AvgIpc) is 2.42. The Labute approximate surface area is 116 Å². The van der Waals surface area contributed by atoms with Gasteiger partial charge in [-0.1, -0.05) is 23.7 Å². The van der Waals surface area contributed by atoms with Crippen LogP contribution in [0.15, 0.2) is 36.5 Å². The maximum Gasteiger partial charge on any atom is 0.218 e. The van der Waals surface area contributed by atoms with Crippen LogP contribution < -0.4 is 10.1 Å². The van der Waals surface area contributed by atoms with Gasteiger partial charge in [-0.3, -0.25) is 0 Å². The highest BCUT2D eigenvalue weighted by molar-refractivity contribution is 6.30. The van der Waals surface area contributed by atoms with E-state index in [-0.39, 0.29) is 11.9 Å². The molecule has 2 aromatic rings. The Hall–Kier alpha value is -1.65. The molecule has 0 saturated heterocycles. The van der Waals surface area contributed by atoms with Crippen molar-refractivity contribution in [3.05, 3.63) is 58.5 Å². The molecule has 0 aliphatic heterocycles. The summed E-state index contributed by atoms with van der Waals surface area (Å²) in [5.74, 6) is 0.106. The topological polar surface area (TPSA) is 34.2 Å². The zero-order chi connectivity index (χ0) is 13.8. The number of nitrogens with zero attached hydrogens (tertiary/aromatic N) is 1. The lowest BCUT2D eigenvalue weighted by atomic mass is 9.99. The van der Waals surface area contributed by atoms with Crippen molar-refractivity contribution in [2.24, 2.45) is 0 Å². The summed E-state index contributed by atoms with van der Waals surface area (Å²) in [6.07, 6.45) is 1.63. The molecule has 1 heterocycles. The second-order valence-electron chi connectivity index (χ2n) is 3.99. The van der Waals surface area contributed by atoms with Crippen molar-refractivity contribution in [2.45, 2.75) is 6.04 Å². The van der Waals surface area contributed by atoms with Crippen molar-refractivity contribution in [1.29, 1.82) is 0 Å². The summed E-state index contributed by atoms with van der Waals surface area (Å²) in [4.78, 5) is 4.13. The van der Waals surface area contributed by atoms with Gasteiger partial charge in [-0.05, 0) is 25.2 Å². The van der Waals surface area contributed by atoms with E-state index >= 15 is 0 Å². The molecule has 1 unspecified atom stereocenters. The predicted octanol–water partition coefficient (Wildman–Crippen LogP) is 3.19. The predicted molar refractivity (Wildman–Crippen MR) is 73.1 cm³/mol. The van der Waals surface area contributed by atoms with Gasteiger partial charge in [0.1, 0.15) is 5.82 Å². The molecule has 19 heavy (non-hydrogen) atoms. The number of pyridine rings is 1. The molecule has 0 amide bonds. The first-order chi connectivity index (χ1) is 9.17. The van der Waals surface area contributed by atoms with Gasteiger partial charge < -0.3 is 10.1 Å². The zero-order valence-corrected chi connectivity index (χ0v) is 11.4. The van der Waals surface area contributed by atoms with Crippen molar-refractivity contribution in [1.82, 2.24) is 10.3 Å². The standard InChI is InChI=1S/C14H14ClFN2O/c1-17-13(10-6-5-9(15)8-12(10)16)11-4-3-7-18-14(11)19-2/h3-8,13,17H,1-2H3. The number of benzene rings is 1. The normalized spacial score (nSPS) is 12.2. The second-order valence-corrected chi connectivity index (χ2v) is 4.43. The number of ether oxygens (including phenoxy) is 1. The molecule has 3 nitrogen and oxygen atoms in total. The molecule has 0 spiro atoms. The lowest BCUT2D eigenvalue weighted by Crippen LogP contribution is -2.20. The molecule has 2 rings (SSSR count). The van der Waals surface area contributed by atoms with E-state index in [9.17, 15) is 4.39 Å². The number of hydrogen-bond acceptors (Lipinski definition) is 3. The van der Waals surface area contributed by atoms with Crippen molar-refractivity contribution < 1.29 is 9.13 Å². The molecule has 1 aromatic heterocycles. The molecular weight excluding hydrogens is 267 g/mol. The van der Waals surface area contributed by atoms with Gasteiger partial charge in [-0.25, -0.2) is 9.37 Å². The number of hydrogen-bond donors (Lipinski definition) is 1. The third-order valence-corrected chi connectivity index (χ3v) is 3.10. The van der Waals surface area contributed by atoms with Crippen LogP contribution in [-0.2, 0) is 0 Å². The van der Waals surface area contributed by atoms with Crippen LogP contribution in [0.4, 0.5) is 4.39 Å². The number of halogens is 2. The van der Waals surface area contributed by atoms with Gasteiger partial charge in [0.25, 0.3) is 0 Å². The molecule has 1 aromatic carbocycles. The minimum absolute atomic E-state index is 0.346. The van der Waals surface area contributed by atoms with Gasteiger partial charge in [0.2, 0.25) is 5.88 Å². The van der Waals surface area contributed by atoms with Crippen LogP contribution in [0.2, 0.25) is 5.02 Å². The summed E-state index contributed by atoms with van der Waals surface area (Å²) in [6.45, 7) is 0. The maximum absolute atomic E-state index is 14.0. The number of methoxy groups -OCH3 is 1. The summed E-state index contributed by atoms with van der Waals surface area (Å²) in [5, 5.41) is 3.44. The molecule has 0 fully saturated rings. The van der Waals surface area contributed by atoms with Gasteiger partial charge in [-0.2, -0.15) is 0 Å². The summed E-state index contributed by atoms with van der Waals surface area (Å²) in [6, 6.07) is 7.90. The lowest BCUT2D eigenvalue weighted by molar-refractivity contribution is 0.387. The molecule has 1 atom stereocenters. The van der Waals surface area contributed by atoms with Crippen LogP contribution in [-0.4, -0.2) is 19.1 Å². The lowest BCUT2D eigenvalue weighted by Gasteiger charge is -2.19. The minimum Gasteiger partial charge on any atom is -0.481 e. The highest BCUT2D eigenvalue weighted by Gasteiger charge is 2.20. The highest BCUT2D eigenvalue weighted by Crippen LogP contribution is 2.30. The molecule has 0 bridgehead atoms. The first kappa shape index (κ1) is 13.8. The SMILES string of the molecule is CNC(c1ccc(Cl)cc1F)c1cccnc1OC. The van der Waals surface area contributed by atoms with E-state index in [1.165, 1.54) is 13.2 Å². The van der Waals surface area contributed by atoms with E-state index in [2.05, 4.69) is 10.3 Å². The van der Waals surface area contributed by atoms with Gasteiger partial charge >= 0.3 is 0 Å². The molecule has 5 heteroatoms. The van der Waals surface area contributed by atoms with Crippen LogP contribution in [0, 0.1) is 5.82 Å². The summed E-state index contributed by atoms with van der Waals surface area (Å²) in [5.41, 5.74) is 1.27. The van der Waals surface area contributed by atoms with E-state index < -0.39 is 0 Å². The summed E-state index contributed by atoms with van der Waals surface area (Å²) in [7, 11) is 3.29. The molecule has 0 aliphatic carbocycles. The monoisotopic (exact) mass is 280 g/mol. The Morgan fingerprint density at radius 2 is 2.11 bits per heavy atom. The van der Waals surface area contributed by atoms with E-state index in [1.807, 2.05) is 6.07 Å². The summed E-state index contributed by atoms with van der Waals surface area (Å²) >= 11 is 5.77. The fraction of sp³-hybridized carbons (Fsp3) is 0.214. The first-order valence-electron chi connectivity index (χ1n) is 5.78. The largest absolute Gasteiger partial charge is 0.481 e. The van der Waals surface area contributed by atoms with Crippen molar-refractivity contribution >= 4 is 11.6 Å². The number of rotatable bonds is 4. The van der Waals surface area contributed by atoms with Gasteiger partial charge in [0, 0.05) is 22.3 Å². The van der Waals surface area contributed by atoms with Gasteiger partial charge in [0.15, 0.2) is 0 Å². The van der Waals surface area contributed by atoms with Crippen LogP contribution >= 0.6 is 11.6 Å². The average molecular weight is 281 g/mol. The van der Waals surface area contributed by atoms with Crippen LogP contribution in [0.3, 0.4) is 0 Å². The molecule has 0 aliphatic rings. The van der Waals surface area contributed by atoms with E-state index in [4.69, 9.17) is 16.3 Å². The molecular formula is C14H14ClFN2O. The van der Waals surface area contributed by atoms with Crippen molar-refractivity contribution in [3.63, 3.8) is 0 Å². The van der Waals surface area contributed by atoms with Gasteiger partial charge in [-0.15, -0.1) is 0 Å². The highest BCUT2D eigenvalue weighted by atomic mass is 35.5. The Kier molecular flexibility index (Phi) is 4.35. The molecule has 0 radical (unpaired) electrons. The van der Waals surface area contributed by atoms with Crippen molar-refractivity contribution in [2.75, 3.05) is 14.2 Å². The Balaban J connectivity index is 2.50. The van der Waals surface area contributed by atoms with E-state index in [1.54, 1.807) is 31.4 Å². The fourth-order valence-corrected chi connectivity index (χ4v) is 2.17. The van der Waals surface area contributed by atoms with Crippen LogP contribution in [0.25, 0.3) is 0 Å². The molecule has 0 saturated carbocycles. The third kappa shape index (κ3) is 2.85. The van der Waals surface area contributed by atoms with E-state index in [0.717, 1.165) is 5.56 Å². The number of nitrogens with one attached hydrogen (secondary N) is 1. The van der Waals surface area contributed by atoms with Crippen LogP contribution in [0.1, 0.15) is 17.2 Å². The Morgan fingerprint density at radius 1 is 1.32 bits per heavy atom. The van der Waals surface area contributed by atoms with Gasteiger partial charge in [0.05, 0.1) is 13.2 Å². The number of aromatic nitrogens is 1. The third-order valence-electron chi connectivity index (χ3n) is 2.87. The minimum atomic E-state index is -0.363. The molecule has 100 valence electrons. The maximum atomic E-state index is 14.0. The zero-order valence-electron chi connectivity index (χ0n) is 10.7. The Bertz CT molecular complexity index is 577. The van der Waals surface area contributed by atoms with E-state index in [0.29, 0.717) is 16.5 Å². The second kappa shape index (κ2) is 5.99. The quantitative estimate of drug-likeness (QED) is 0.934. The first-order valence-corrected chi connectivity index (χ1v) is 6.16. The Morgan fingerprint density at radius 3 is 2.74 bits per heavy atom. The smallest absolute Gasteiger partial charge is 0.218 e. The van der Waals surface area contributed by atoms with Crippen LogP contribution in [0.5, 0.6) is 5.88 Å². The van der Waals surface area contributed by atoms with Crippen molar-refractivity contribution in [3.8, 4) is 5.88 Å². The summed E-state index contributed by atoms with van der Waals surface area (Å²) < 4.78 is 19.2. The molecule has 1 N–H and O–H groups in total.